The van der Waals surface area contributed by atoms with E-state index in [1.165, 1.54) is 11.6 Å². The molecule has 0 spiro atoms. The molecule has 0 aromatic heterocycles. The molecule has 0 aliphatic rings. The van der Waals surface area contributed by atoms with Crippen LogP contribution in [-0.2, 0) is 6.42 Å². The fourth-order valence-corrected chi connectivity index (χ4v) is 2.22. The van der Waals surface area contributed by atoms with Crippen molar-refractivity contribution in [3.63, 3.8) is 0 Å². The van der Waals surface area contributed by atoms with Crippen molar-refractivity contribution >= 4 is 11.6 Å². The van der Waals surface area contributed by atoms with Crippen LogP contribution < -0.4 is 5.73 Å². The molecule has 0 bridgehead atoms. The normalized spacial score (nSPS) is 12.4. The van der Waals surface area contributed by atoms with Gasteiger partial charge in [-0.25, -0.2) is 4.39 Å². The standard InChI is InChI=1S/C15H15ClFN/c16-14-9-11(6-7-15(14)17)8-13(10-18)12-4-2-1-3-5-12/h1-7,9,13H,8,10,18H2. The molecule has 3 heteroatoms. The van der Waals surface area contributed by atoms with E-state index in [0.29, 0.717) is 6.54 Å². The molecule has 0 saturated heterocycles. The number of hydrogen-bond acceptors (Lipinski definition) is 1. The van der Waals surface area contributed by atoms with E-state index in [0.717, 1.165) is 12.0 Å². The van der Waals surface area contributed by atoms with Crippen molar-refractivity contribution in [2.45, 2.75) is 12.3 Å². The third-order valence-corrected chi connectivity index (χ3v) is 3.31. The molecule has 0 radical (unpaired) electrons. The lowest BCUT2D eigenvalue weighted by atomic mass is 9.92. The molecule has 0 aliphatic heterocycles. The van der Waals surface area contributed by atoms with Crippen LogP contribution >= 0.6 is 11.6 Å². The van der Waals surface area contributed by atoms with Crippen molar-refractivity contribution < 1.29 is 4.39 Å². The summed E-state index contributed by atoms with van der Waals surface area (Å²) in [5.41, 5.74) is 8.01. The van der Waals surface area contributed by atoms with E-state index in [1.807, 2.05) is 18.2 Å². The van der Waals surface area contributed by atoms with Crippen molar-refractivity contribution in [3.05, 3.63) is 70.5 Å². The molecular formula is C15H15ClFN. The second-order valence-corrected chi connectivity index (χ2v) is 4.70. The van der Waals surface area contributed by atoms with Gasteiger partial charge in [-0.3, -0.25) is 0 Å². The van der Waals surface area contributed by atoms with Gasteiger partial charge in [0.1, 0.15) is 5.82 Å². The summed E-state index contributed by atoms with van der Waals surface area (Å²) in [6, 6.07) is 14.9. The number of rotatable bonds is 4. The molecule has 0 aliphatic carbocycles. The van der Waals surface area contributed by atoms with Gasteiger partial charge in [-0.1, -0.05) is 48.0 Å². The number of nitrogens with two attached hydrogens (primary N) is 1. The van der Waals surface area contributed by atoms with Gasteiger partial charge < -0.3 is 5.73 Å². The number of hydrogen-bond donors (Lipinski definition) is 1. The first-order chi connectivity index (χ1) is 8.70. The lowest BCUT2D eigenvalue weighted by molar-refractivity contribution is 0.625. The van der Waals surface area contributed by atoms with Crippen LogP contribution in [0, 0.1) is 5.82 Å². The van der Waals surface area contributed by atoms with E-state index in [-0.39, 0.29) is 16.8 Å². The molecular weight excluding hydrogens is 249 g/mol. The van der Waals surface area contributed by atoms with Gasteiger partial charge in [-0.05, 0) is 36.2 Å². The highest BCUT2D eigenvalue weighted by Crippen LogP contribution is 2.23. The summed E-state index contributed by atoms with van der Waals surface area (Å²) in [6.45, 7) is 0.555. The highest BCUT2D eigenvalue weighted by Gasteiger charge is 2.11. The fraction of sp³-hybridized carbons (Fsp3) is 0.200. The summed E-state index contributed by atoms with van der Waals surface area (Å²) in [7, 11) is 0. The highest BCUT2D eigenvalue weighted by atomic mass is 35.5. The maximum absolute atomic E-state index is 13.1. The zero-order valence-corrected chi connectivity index (χ0v) is 10.7. The Morgan fingerprint density at radius 1 is 1.11 bits per heavy atom. The van der Waals surface area contributed by atoms with Crippen LogP contribution in [0.3, 0.4) is 0 Å². The summed E-state index contributed by atoms with van der Waals surface area (Å²) in [5, 5.41) is 0.163. The minimum absolute atomic E-state index is 0.163. The van der Waals surface area contributed by atoms with E-state index in [9.17, 15) is 4.39 Å². The van der Waals surface area contributed by atoms with E-state index in [1.54, 1.807) is 12.1 Å². The minimum Gasteiger partial charge on any atom is -0.330 e. The van der Waals surface area contributed by atoms with Crippen molar-refractivity contribution in [3.8, 4) is 0 Å². The summed E-state index contributed by atoms with van der Waals surface area (Å²) in [4.78, 5) is 0. The molecule has 0 heterocycles. The lowest BCUT2D eigenvalue weighted by Gasteiger charge is -2.15. The Kier molecular flexibility index (Phi) is 4.34. The van der Waals surface area contributed by atoms with E-state index >= 15 is 0 Å². The Hall–Kier alpha value is -1.38. The fourth-order valence-electron chi connectivity index (χ4n) is 2.01. The van der Waals surface area contributed by atoms with Gasteiger partial charge in [0.2, 0.25) is 0 Å². The minimum atomic E-state index is -0.385. The van der Waals surface area contributed by atoms with Crippen LogP contribution in [0.4, 0.5) is 4.39 Å². The predicted octanol–water partition coefficient (Wildman–Crippen LogP) is 3.76. The van der Waals surface area contributed by atoms with Gasteiger partial charge in [0.25, 0.3) is 0 Å². The van der Waals surface area contributed by atoms with Gasteiger partial charge in [-0.2, -0.15) is 0 Å². The van der Waals surface area contributed by atoms with Crippen molar-refractivity contribution in [1.82, 2.24) is 0 Å². The van der Waals surface area contributed by atoms with Crippen LogP contribution in [0.25, 0.3) is 0 Å². The molecule has 2 rings (SSSR count). The second kappa shape index (κ2) is 5.98. The Morgan fingerprint density at radius 3 is 2.44 bits per heavy atom. The molecule has 0 amide bonds. The van der Waals surface area contributed by atoms with Crippen molar-refractivity contribution in [2.75, 3.05) is 6.54 Å². The highest BCUT2D eigenvalue weighted by molar-refractivity contribution is 6.30. The molecule has 0 fully saturated rings. The lowest BCUT2D eigenvalue weighted by Crippen LogP contribution is -2.15. The van der Waals surface area contributed by atoms with Gasteiger partial charge >= 0.3 is 0 Å². The van der Waals surface area contributed by atoms with Gasteiger partial charge in [0.05, 0.1) is 5.02 Å². The maximum Gasteiger partial charge on any atom is 0.141 e. The second-order valence-electron chi connectivity index (χ2n) is 4.30. The van der Waals surface area contributed by atoms with Gasteiger partial charge in [0.15, 0.2) is 0 Å². The maximum atomic E-state index is 13.1. The van der Waals surface area contributed by atoms with E-state index in [2.05, 4.69) is 12.1 Å². The van der Waals surface area contributed by atoms with Gasteiger partial charge in [-0.15, -0.1) is 0 Å². The van der Waals surface area contributed by atoms with Crippen LogP contribution in [0.2, 0.25) is 5.02 Å². The first-order valence-electron chi connectivity index (χ1n) is 5.89. The number of halogens is 2. The topological polar surface area (TPSA) is 26.0 Å². The van der Waals surface area contributed by atoms with Crippen LogP contribution in [0.5, 0.6) is 0 Å². The Morgan fingerprint density at radius 2 is 1.83 bits per heavy atom. The molecule has 1 nitrogen and oxygen atoms in total. The zero-order valence-electron chi connectivity index (χ0n) is 9.94. The first kappa shape index (κ1) is 13.1. The first-order valence-corrected chi connectivity index (χ1v) is 6.27. The molecule has 0 saturated carbocycles. The van der Waals surface area contributed by atoms with E-state index < -0.39 is 0 Å². The zero-order chi connectivity index (χ0) is 13.0. The largest absolute Gasteiger partial charge is 0.330 e. The Bertz CT molecular complexity index is 513. The van der Waals surface area contributed by atoms with Crippen LogP contribution in [0.1, 0.15) is 17.0 Å². The summed E-state index contributed by atoms with van der Waals surface area (Å²) < 4.78 is 13.1. The molecule has 18 heavy (non-hydrogen) atoms. The molecule has 2 aromatic carbocycles. The average molecular weight is 264 g/mol. The monoisotopic (exact) mass is 263 g/mol. The molecule has 2 N–H and O–H groups in total. The summed E-state index contributed by atoms with van der Waals surface area (Å²) in [6.07, 6.45) is 0.764. The molecule has 1 unspecified atom stereocenters. The number of benzene rings is 2. The summed E-state index contributed by atoms with van der Waals surface area (Å²) >= 11 is 5.78. The van der Waals surface area contributed by atoms with Crippen LogP contribution in [0.15, 0.2) is 48.5 Å². The Labute approximate surface area is 111 Å². The van der Waals surface area contributed by atoms with Crippen molar-refractivity contribution in [2.24, 2.45) is 5.73 Å². The molecule has 94 valence electrons. The third kappa shape index (κ3) is 3.09. The molecule has 2 aromatic rings. The predicted molar refractivity (Wildman–Crippen MR) is 73.4 cm³/mol. The Balaban J connectivity index is 2.18. The average Bonchev–Trinajstić information content (AvgIpc) is 2.41. The quantitative estimate of drug-likeness (QED) is 0.893. The summed E-state index contributed by atoms with van der Waals surface area (Å²) in [5.74, 6) is -0.155. The third-order valence-electron chi connectivity index (χ3n) is 3.02. The van der Waals surface area contributed by atoms with Gasteiger partial charge in [0, 0.05) is 5.92 Å². The van der Waals surface area contributed by atoms with Crippen LogP contribution in [-0.4, -0.2) is 6.54 Å². The van der Waals surface area contributed by atoms with E-state index in [4.69, 9.17) is 17.3 Å². The van der Waals surface area contributed by atoms with Crippen molar-refractivity contribution in [1.29, 1.82) is 0 Å². The smallest absolute Gasteiger partial charge is 0.141 e. The SMILES string of the molecule is NCC(Cc1ccc(F)c(Cl)c1)c1ccccc1. The molecule has 1 atom stereocenters.